The second kappa shape index (κ2) is 9.33. The first-order valence-electron chi connectivity index (χ1n) is 6.57. The first kappa shape index (κ1) is 16.5. The van der Waals surface area contributed by atoms with Crippen LogP contribution >= 0.6 is 11.3 Å². The van der Waals surface area contributed by atoms with Crippen LogP contribution in [0.3, 0.4) is 0 Å². The average molecular weight is 299 g/mol. The van der Waals surface area contributed by atoms with Gasteiger partial charge in [0.25, 0.3) is 0 Å². The van der Waals surface area contributed by atoms with Crippen molar-refractivity contribution >= 4 is 23.3 Å². The lowest BCUT2D eigenvalue weighted by Crippen LogP contribution is -2.36. The summed E-state index contributed by atoms with van der Waals surface area (Å²) in [6.45, 7) is 3.80. The molecule has 1 aromatic rings. The maximum atomic E-state index is 11.8. The minimum absolute atomic E-state index is 0.117. The summed E-state index contributed by atoms with van der Waals surface area (Å²) >= 11 is 1.48. The third-order valence-corrected chi connectivity index (χ3v) is 3.57. The molecule has 112 valence electrons. The quantitative estimate of drug-likeness (QED) is 0.601. The molecule has 1 rings (SSSR count). The summed E-state index contributed by atoms with van der Waals surface area (Å²) in [6.07, 6.45) is 0.949. The van der Waals surface area contributed by atoms with Crippen molar-refractivity contribution in [1.29, 1.82) is 0 Å². The molecule has 0 aromatic carbocycles. The monoisotopic (exact) mass is 299 g/mol. The largest absolute Gasteiger partial charge is 0.382 e. The molecule has 0 bridgehead atoms. The van der Waals surface area contributed by atoms with Gasteiger partial charge in [-0.3, -0.25) is 4.79 Å². The van der Waals surface area contributed by atoms with Gasteiger partial charge in [0.05, 0.1) is 12.5 Å². The van der Waals surface area contributed by atoms with E-state index in [4.69, 9.17) is 10.5 Å². The fourth-order valence-electron chi connectivity index (χ4n) is 1.69. The number of nitrogens with one attached hydrogen (secondary N) is 2. The molecule has 20 heavy (non-hydrogen) atoms. The van der Waals surface area contributed by atoms with E-state index in [-0.39, 0.29) is 18.4 Å². The number of carbonyl (C=O) groups is 2. The van der Waals surface area contributed by atoms with Crippen LogP contribution in [0.15, 0.2) is 17.5 Å². The van der Waals surface area contributed by atoms with Gasteiger partial charge in [-0.2, -0.15) is 0 Å². The molecule has 0 aliphatic heterocycles. The van der Waals surface area contributed by atoms with Gasteiger partial charge in [-0.25, -0.2) is 4.79 Å². The van der Waals surface area contributed by atoms with Gasteiger partial charge in [0.15, 0.2) is 0 Å². The molecule has 1 atom stereocenters. The molecule has 0 aliphatic rings. The highest BCUT2D eigenvalue weighted by Gasteiger charge is 2.17. The van der Waals surface area contributed by atoms with E-state index in [0.717, 1.165) is 11.3 Å². The Morgan fingerprint density at radius 3 is 2.90 bits per heavy atom. The van der Waals surface area contributed by atoms with E-state index in [0.29, 0.717) is 19.8 Å². The molecule has 4 N–H and O–H groups in total. The summed E-state index contributed by atoms with van der Waals surface area (Å²) in [6, 6.07) is 2.73. The predicted octanol–water partition coefficient (Wildman–Crippen LogP) is 1.39. The van der Waals surface area contributed by atoms with Gasteiger partial charge < -0.3 is 21.1 Å². The van der Waals surface area contributed by atoms with Crippen LogP contribution in [0, 0.1) is 0 Å². The standard InChI is InChI=1S/C13H21N3O3S/c1-2-19-7-4-6-15-12(17)9-10(16-13(14)18)11-5-3-8-20-11/h3,5,8,10H,2,4,6-7,9H2,1H3,(H,15,17)(H3,14,16,18). The Kier molecular flexibility index (Phi) is 7.67. The van der Waals surface area contributed by atoms with Crippen LogP contribution in [0.5, 0.6) is 0 Å². The summed E-state index contributed by atoms with van der Waals surface area (Å²) in [7, 11) is 0. The van der Waals surface area contributed by atoms with E-state index in [9.17, 15) is 9.59 Å². The number of rotatable bonds is 9. The number of hydrogen-bond acceptors (Lipinski definition) is 4. The lowest BCUT2D eigenvalue weighted by Gasteiger charge is -2.15. The highest BCUT2D eigenvalue weighted by Crippen LogP contribution is 2.21. The Balaban J connectivity index is 2.37. The summed E-state index contributed by atoms with van der Waals surface area (Å²) in [4.78, 5) is 23.7. The number of primary amides is 1. The molecule has 0 spiro atoms. The number of nitrogens with two attached hydrogens (primary N) is 1. The molecule has 0 fully saturated rings. The summed E-state index contributed by atoms with van der Waals surface area (Å²) in [5.74, 6) is -0.117. The van der Waals surface area contributed by atoms with E-state index in [2.05, 4.69) is 10.6 Å². The number of urea groups is 1. The van der Waals surface area contributed by atoms with Crippen LogP contribution in [0.25, 0.3) is 0 Å². The van der Waals surface area contributed by atoms with E-state index in [1.54, 1.807) is 0 Å². The smallest absolute Gasteiger partial charge is 0.312 e. The maximum absolute atomic E-state index is 11.8. The van der Waals surface area contributed by atoms with Crippen molar-refractivity contribution in [2.75, 3.05) is 19.8 Å². The minimum Gasteiger partial charge on any atom is -0.382 e. The molecule has 3 amide bonds. The Morgan fingerprint density at radius 1 is 1.50 bits per heavy atom. The zero-order valence-electron chi connectivity index (χ0n) is 11.6. The van der Waals surface area contributed by atoms with E-state index < -0.39 is 6.03 Å². The fourth-order valence-corrected chi connectivity index (χ4v) is 2.47. The zero-order chi connectivity index (χ0) is 14.8. The molecule has 1 heterocycles. The Labute approximate surface area is 122 Å². The second-order valence-electron chi connectivity index (χ2n) is 4.18. The summed E-state index contributed by atoms with van der Waals surface area (Å²) in [5, 5.41) is 7.28. The number of ether oxygens (including phenoxy) is 1. The van der Waals surface area contributed by atoms with Crippen molar-refractivity contribution in [1.82, 2.24) is 10.6 Å². The van der Waals surface area contributed by atoms with Crippen molar-refractivity contribution in [3.8, 4) is 0 Å². The van der Waals surface area contributed by atoms with Gasteiger partial charge in [0.1, 0.15) is 0 Å². The molecule has 6 nitrogen and oxygen atoms in total. The van der Waals surface area contributed by atoms with Crippen molar-refractivity contribution in [2.45, 2.75) is 25.8 Å². The van der Waals surface area contributed by atoms with Crippen molar-refractivity contribution in [3.63, 3.8) is 0 Å². The van der Waals surface area contributed by atoms with E-state index >= 15 is 0 Å². The third-order valence-electron chi connectivity index (χ3n) is 2.58. The molecular weight excluding hydrogens is 278 g/mol. The molecule has 0 radical (unpaired) electrons. The molecule has 0 saturated heterocycles. The van der Waals surface area contributed by atoms with Crippen molar-refractivity contribution < 1.29 is 14.3 Å². The Morgan fingerprint density at radius 2 is 2.30 bits per heavy atom. The number of carbonyl (C=O) groups excluding carboxylic acids is 2. The van der Waals surface area contributed by atoms with E-state index in [1.807, 2.05) is 24.4 Å². The lowest BCUT2D eigenvalue weighted by molar-refractivity contribution is -0.121. The molecule has 1 unspecified atom stereocenters. The average Bonchev–Trinajstić information content (AvgIpc) is 2.91. The molecule has 7 heteroatoms. The van der Waals surface area contributed by atoms with Gasteiger partial charge in [-0.15, -0.1) is 11.3 Å². The van der Waals surface area contributed by atoms with E-state index in [1.165, 1.54) is 11.3 Å². The number of hydrogen-bond donors (Lipinski definition) is 3. The normalized spacial score (nSPS) is 11.8. The van der Waals surface area contributed by atoms with Crippen LogP contribution in [-0.2, 0) is 9.53 Å². The highest BCUT2D eigenvalue weighted by molar-refractivity contribution is 7.10. The Bertz CT molecular complexity index is 409. The molecular formula is C13H21N3O3S. The van der Waals surface area contributed by atoms with Gasteiger partial charge >= 0.3 is 6.03 Å². The first-order chi connectivity index (χ1) is 9.63. The highest BCUT2D eigenvalue weighted by atomic mass is 32.1. The van der Waals surface area contributed by atoms with Crippen LogP contribution in [0.1, 0.15) is 30.7 Å². The number of thiophene rings is 1. The molecule has 1 aromatic heterocycles. The van der Waals surface area contributed by atoms with Gasteiger partial charge in [-0.1, -0.05) is 6.07 Å². The van der Waals surface area contributed by atoms with Gasteiger partial charge in [-0.05, 0) is 24.8 Å². The van der Waals surface area contributed by atoms with Gasteiger partial charge in [0.2, 0.25) is 5.91 Å². The predicted molar refractivity (Wildman–Crippen MR) is 78.5 cm³/mol. The molecule has 0 saturated carbocycles. The summed E-state index contributed by atoms with van der Waals surface area (Å²) in [5.41, 5.74) is 5.14. The molecule has 0 aliphatic carbocycles. The van der Waals surface area contributed by atoms with Gasteiger partial charge in [0, 0.05) is 24.6 Å². The SMILES string of the molecule is CCOCCCNC(=O)CC(NC(N)=O)c1cccs1. The van der Waals surface area contributed by atoms with Crippen LogP contribution < -0.4 is 16.4 Å². The topological polar surface area (TPSA) is 93.4 Å². The second-order valence-corrected chi connectivity index (χ2v) is 5.16. The summed E-state index contributed by atoms with van der Waals surface area (Å²) < 4.78 is 5.18. The van der Waals surface area contributed by atoms with Crippen molar-refractivity contribution in [2.24, 2.45) is 5.73 Å². The fraction of sp³-hybridized carbons (Fsp3) is 0.538. The van der Waals surface area contributed by atoms with Crippen LogP contribution in [0.2, 0.25) is 0 Å². The Hall–Kier alpha value is -1.60. The van der Waals surface area contributed by atoms with Crippen molar-refractivity contribution in [3.05, 3.63) is 22.4 Å². The first-order valence-corrected chi connectivity index (χ1v) is 7.45. The minimum atomic E-state index is -0.632. The maximum Gasteiger partial charge on any atom is 0.312 e. The number of amides is 3. The third kappa shape index (κ3) is 6.53. The van der Waals surface area contributed by atoms with Crippen LogP contribution in [0.4, 0.5) is 4.79 Å². The van der Waals surface area contributed by atoms with Crippen LogP contribution in [-0.4, -0.2) is 31.7 Å². The lowest BCUT2D eigenvalue weighted by atomic mass is 10.1. The zero-order valence-corrected chi connectivity index (χ0v) is 12.4.